The van der Waals surface area contributed by atoms with Gasteiger partial charge >= 0.3 is 0 Å². The van der Waals surface area contributed by atoms with E-state index in [2.05, 4.69) is 15.5 Å². The van der Waals surface area contributed by atoms with Crippen molar-refractivity contribution in [2.45, 2.75) is 0 Å². The Hall–Kier alpha value is -1.25. The minimum Gasteiger partial charge on any atom is -0.345 e. The van der Waals surface area contributed by atoms with Crippen molar-refractivity contribution in [2.24, 2.45) is 5.10 Å². The second kappa shape index (κ2) is 2.91. The number of pyridine rings is 1. The Kier molecular flexibility index (Phi) is 1.90. The van der Waals surface area contributed by atoms with E-state index in [0.717, 1.165) is 5.49 Å². The van der Waals surface area contributed by atoms with E-state index in [1.54, 1.807) is 7.05 Å². The highest BCUT2D eigenvalue weighted by Gasteiger charge is 1.71. The van der Waals surface area contributed by atoms with Crippen LogP contribution in [0.2, 0.25) is 0 Å². The molecule has 0 aliphatic rings. The van der Waals surface area contributed by atoms with E-state index < -0.39 is 0 Å². The molecule has 9 heavy (non-hydrogen) atoms. The molecular weight excluding hydrogens is 114 g/mol. The zero-order valence-electron chi connectivity index (χ0n) is 5.26. The lowest BCUT2D eigenvalue weighted by Crippen LogP contribution is -2.10. The zero-order chi connectivity index (χ0) is 6.53. The van der Waals surface area contributed by atoms with Crippen molar-refractivity contribution in [1.29, 1.82) is 0 Å². The second-order valence-electron chi connectivity index (χ2n) is 1.58. The highest BCUT2D eigenvalue weighted by molar-refractivity contribution is 4.88. The Morgan fingerprint density at radius 1 is 1.56 bits per heavy atom. The minimum atomic E-state index is 0.833. The molecule has 1 rings (SSSR count). The van der Waals surface area contributed by atoms with E-state index >= 15 is 0 Å². The number of hydrogen-bond acceptors (Lipinski definition) is 2. The molecule has 1 aromatic heterocycles. The lowest BCUT2D eigenvalue weighted by atomic mass is 10.5. The molecule has 0 spiro atoms. The molecule has 1 heterocycles. The SMILES string of the molecule is CNN=c1cccc[nH]1. The molecule has 3 heteroatoms. The van der Waals surface area contributed by atoms with E-state index in [1.807, 2.05) is 24.4 Å². The Balaban J connectivity index is 2.97. The van der Waals surface area contributed by atoms with Crippen molar-refractivity contribution in [2.75, 3.05) is 7.05 Å². The van der Waals surface area contributed by atoms with E-state index in [-0.39, 0.29) is 0 Å². The zero-order valence-corrected chi connectivity index (χ0v) is 5.26. The minimum absolute atomic E-state index is 0.833. The normalized spacial score (nSPS) is 11.4. The average Bonchev–Trinajstić information content (AvgIpc) is 1.91. The number of H-pyrrole nitrogens is 1. The summed E-state index contributed by atoms with van der Waals surface area (Å²) in [4.78, 5) is 2.94. The molecule has 0 unspecified atom stereocenters. The first-order valence-electron chi connectivity index (χ1n) is 2.77. The van der Waals surface area contributed by atoms with Gasteiger partial charge < -0.3 is 10.4 Å². The summed E-state index contributed by atoms with van der Waals surface area (Å²) in [5.41, 5.74) is 3.51. The van der Waals surface area contributed by atoms with Gasteiger partial charge in [-0.1, -0.05) is 6.07 Å². The maximum Gasteiger partial charge on any atom is 0.149 e. The van der Waals surface area contributed by atoms with Crippen molar-refractivity contribution in [1.82, 2.24) is 10.4 Å². The lowest BCUT2D eigenvalue weighted by Gasteiger charge is -1.85. The summed E-state index contributed by atoms with van der Waals surface area (Å²) in [7, 11) is 1.76. The van der Waals surface area contributed by atoms with Crippen LogP contribution in [0.4, 0.5) is 0 Å². The molecule has 48 valence electrons. The third-order valence-electron chi connectivity index (χ3n) is 0.925. The molecule has 0 fully saturated rings. The van der Waals surface area contributed by atoms with Crippen LogP contribution in [-0.4, -0.2) is 12.0 Å². The first-order valence-corrected chi connectivity index (χ1v) is 2.77. The van der Waals surface area contributed by atoms with Crippen LogP contribution < -0.4 is 10.9 Å². The monoisotopic (exact) mass is 123 g/mol. The summed E-state index contributed by atoms with van der Waals surface area (Å²) in [6.45, 7) is 0. The van der Waals surface area contributed by atoms with Gasteiger partial charge in [0, 0.05) is 13.2 Å². The van der Waals surface area contributed by atoms with Crippen LogP contribution in [0, 0.1) is 0 Å². The Morgan fingerprint density at radius 2 is 2.44 bits per heavy atom. The quantitative estimate of drug-likeness (QED) is 0.509. The van der Waals surface area contributed by atoms with Crippen LogP contribution in [0.5, 0.6) is 0 Å². The third-order valence-corrected chi connectivity index (χ3v) is 0.925. The van der Waals surface area contributed by atoms with E-state index in [0.29, 0.717) is 0 Å². The number of aromatic nitrogens is 1. The maximum absolute atomic E-state index is 3.90. The van der Waals surface area contributed by atoms with Gasteiger partial charge in [-0.15, -0.1) is 0 Å². The summed E-state index contributed by atoms with van der Waals surface area (Å²) < 4.78 is 0. The van der Waals surface area contributed by atoms with Crippen molar-refractivity contribution >= 4 is 0 Å². The van der Waals surface area contributed by atoms with Gasteiger partial charge in [0.2, 0.25) is 0 Å². The molecule has 0 aromatic carbocycles. The van der Waals surface area contributed by atoms with E-state index in [9.17, 15) is 0 Å². The molecule has 0 saturated carbocycles. The van der Waals surface area contributed by atoms with Crippen LogP contribution >= 0.6 is 0 Å². The lowest BCUT2D eigenvalue weighted by molar-refractivity contribution is 0.835. The van der Waals surface area contributed by atoms with Crippen LogP contribution in [0.1, 0.15) is 0 Å². The van der Waals surface area contributed by atoms with Gasteiger partial charge in [-0.25, -0.2) is 0 Å². The van der Waals surface area contributed by atoms with E-state index in [4.69, 9.17) is 0 Å². The largest absolute Gasteiger partial charge is 0.345 e. The molecule has 0 radical (unpaired) electrons. The summed E-state index contributed by atoms with van der Waals surface area (Å²) in [6, 6.07) is 5.72. The summed E-state index contributed by atoms with van der Waals surface area (Å²) >= 11 is 0. The van der Waals surface area contributed by atoms with Crippen molar-refractivity contribution in [3.05, 3.63) is 29.9 Å². The predicted molar refractivity (Wildman–Crippen MR) is 35.4 cm³/mol. The predicted octanol–water partition coefficient (Wildman–Crippen LogP) is 0.0498. The Bertz CT molecular complexity index is 208. The average molecular weight is 123 g/mol. The first-order chi connectivity index (χ1) is 4.43. The van der Waals surface area contributed by atoms with Gasteiger partial charge in [0.05, 0.1) is 0 Å². The fourth-order valence-electron chi connectivity index (χ4n) is 0.574. The molecule has 0 bridgehead atoms. The fourth-order valence-corrected chi connectivity index (χ4v) is 0.574. The summed E-state index contributed by atoms with van der Waals surface area (Å²) in [6.07, 6.45) is 1.83. The smallest absolute Gasteiger partial charge is 0.149 e. The highest BCUT2D eigenvalue weighted by Crippen LogP contribution is 1.68. The third kappa shape index (κ3) is 1.60. The maximum atomic E-state index is 3.90. The van der Waals surface area contributed by atoms with Gasteiger partial charge in [0.15, 0.2) is 0 Å². The molecular formula is C6H9N3. The number of nitrogens with one attached hydrogen (secondary N) is 2. The van der Waals surface area contributed by atoms with Gasteiger partial charge in [-0.05, 0) is 12.1 Å². The Morgan fingerprint density at radius 3 is 3.00 bits per heavy atom. The number of aromatic amines is 1. The van der Waals surface area contributed by atoms with Crippen LogP contribution in [0.3, 0.4) is 0 Å². The molecule has 0 amide bonds. The first kappa shape index (κ1) is 5.88. The topological polar surface area (TPSA) is 40.2 Å². The van der Waals surface area contributed by atoms with E-state index in [1.165, 1.54) is 0 Å². The number of rotatable bonds is 1. The fraction of sp³-hybridized carbons (Fsp3) is 0.167. The van der Waals surface area contributed by atoms with Crippen molar-refractivity contribution < 1.29 is 0 Å². The van der Waals surface area contributed by atoms with Crippen LogP contribution in [0.25, 0.3) is 0 Å². The van der Waals surface area contributed by atoms with Crippen LogP contribution in [-0.2, 0) is 0 Å². The molecule has 2 N–H and O–H groups in total. The molecule has 0 saturated heterocycles. The summed E-state index contributed by atoms with van der Waals surface area (Å²) in [5, 5.41) is 3.90. The standard InChI is InChI=1S/C6H9N3/c1-7-9-6-4-2-3-5-8-6/h2-5,7H,1H3,(H,8,9). The van der Waals surface area contributed by atoms with Crippen LogP contribution in [0.15, 0.2) is 29.5 Å². The Labute approximate surface area is 53.4 Å². The van der Waals surface area contributed by atoms with Gasteiger partial charge in [0.1, 0.15) is 5.49 Å². The number of nitrogens with zero attached hydrogens (tertiary/aromatic N) is 1. The summed E-state index contributed by atoms with van der Waals surface area (Å²) in [5.74, 6) is 0. The molecule has 1 aromatic rings. The van der Waals surface area contributed by atoms with Gasteiger partial charge in [0.25, 0.3) is 0 Å². The highest BCUT2D eigenvalue weighted by atomic mass is 15.3. The molecule has 0 atom stereocenters. The van der Waals surface area contributed by atoms with Gasteiger partial charge in [-0.2, -0.15) is 5.10 Å². The van der Waals surface area contributed by atoms with Crippen molar-refractivity contribution in [3.8, 4) is 0 Å². The van der Waals surface area contributed by atoms with Crippen molar-refractivity contribution in [3.63, 3.8) is 0 Å². The second-order valence-corrected chi connectivity index (χ2v) is 1.58. The molecule has 0 aliphatic heterocycles. The number of hydrogen-bond donors (Lipinski definition) is 2. The molecule has 0 aliphatic carbocycles. The molecule has 3 nitrogen and oxygen atoms in total. The van der Waals surface area contributed by atoms with Gasteiger partial charge in [-0.3, -0.25) is 0 Å².